The summed E-state index contributed by atoms with van der Waals surface area (Å²) >= 11 is 1.20. The van der Waals surface area contributed by atoms with E-state index in [9.17, 15) is 19.5 Å². The number of ketones is 1. The van der Waals surface area contributed by atoms with Crippen LogP contribution in [0, 0.1) is 6.92 Å². The molecular formula is C24H18N4O5S. The van der Waals surface area contributed by atoms with Gasteiger partial charge >= 0.3 is 11.9 Å². The molecule has 170 valence electrons. The Morgan fingerprint density at radius 3 is 2.59 bits per heavy atom. The van der Waals surface area contributed by atoms with Gasteiger partial charge in [-0.1, -0.05) is 18.2 Å². The van der Waals surface area contributed by atoms with Crippen LogP contribution in [0.5, 0.6) is 0 Å². The van der Waals surface area contributed by atoms with Gasteiger partial charge in [-0.25, -0.2) is 14.8 Å². The lowest BCUT2D eigenvalue weighted by molar-refractivity contribution is -0.132. The molecule has 3 aromatic heterocycles. The first-order valence-corrected chi connectivity index (χ1v) is 11.1. The van der Waals surface area contributed by atoms with E-state index in [1.165, 1.54) is 29.5 Å². The standard InChI is InChI=1S/C24H18N4O5S/c1-13-18(27-11-4-3-5-16(27)26-13)20(29)17-19(14-6-8-15(9-7-14)23(32)33-2)28(22(31)21(17)30)24-25-10-12-34-24/h3-12,19,29H,1-2H3/b20-17+. The van der Waals surface area contributed by atoms with Crippen molar-refractivity contribution in [1.29, 1.82) is 0 Å². The van der Waals surface area contributed by atoms with Gasteiger partial charge in [0.25, 0.3) is 5.78 Å². The number of methoxy groups -OCH3 is 1. The quantitative estimate of drug-likeness (QED) is 0.208. The van der Waals surface area contributed by atoms with Gasteiger partial charge in [0, 0.05) is 17.8 Å². The van der Waals surface area contributed by atoms with Crippen LogP contribution in [0.15, 0.2) is 65.8 Å². The second-order valence-electron chi connectivity index (χ2n) is 7.57. The fourth-order valence-corrected chi connectivity index (χ4v) is 4.79. The Morgan fingerprint density at radius 2 is 1.91 bits per heavy atom. The van der Waals surface area contributed by atoms with Crippen molar-refractivity contribution in [3.05, 3.63) is 88.3 Å². The Balaban J connectivity index is 1.74. The summed E-state index contributed by atoms with van der Waals surface area (Å²) in [7, 11) is 1.28. The SMILES string of the molecule is COC(=O)c1ccc(C2/C(=C(\O)c3c(C)nc4ccccn34)C(=O)C(=O)N2c2nccs2)cc1. The first-order valence-electron chi connectivity index (χ1n) is 10.2. The van der Waals surface area contributed by atoms with Crippen molar-refractivity contribution in [3.8, 4) is 0 Å². The number of thiazole rings is 1. The van der Waals surface area contributed by atoms with Gasteiger partial charge in [-0.15, -0.1) is 11.3 Å². The number of amides is 1. The number of hydrogen-bond donors (Lipinski definition) is 1. The van der Waals surface area contributed by atoms with E-state index in [-0.39, 0.29) is 11.3 Å². The fraction of sp³-hybridized carbons (Fsp3) is 0.125. The number of aryl methyl sites for hydroxylation is 1. The maximum atomic E-state index is 13.3. The number of imidazole rings is 1. The predicted molar refractivity (Wildman–Crippen MR) is 125 cm³/mol. The van der Waals surface area contributed by atoms with E-state index in [0.717, 1.165) is 0 Å². The Bertz CT molecular complexity index is 1470. The van der Waals surface area contributed by atoms with Crippen molar-refractivity contribution in [3.63, 3.8) is 0 Å². The Labute approximate surface area is 197 Å². The fourth-order valence-electron chi connectivity index (χ4n) is 4.13. The zero-order valence-corrected chi connectivity index (χ0v) is 18.9. The van der Waals surface area contributed by atoms with Crippen molar-refractivity contribution in [2.45, 2.75) is 13.0 Å². The molecule has 1 fully saturated rings. The minimum atomic E-state index is -0.952. The van der Waals surface area contributed by atoms with Crippen LogP contribution in [0.4, 0.5) is 5.13 Å². The lowest BCUT2D eigenvalue weighted by Gasteiger charge is -2.23. The largest absolute Gasteiger partial charge is 0.505 e. The molecule has 1 atom stereocenters. The van der Waals surface area contributed by atoms with Gasteiger partial charge in [-0.05, 0) is 36.8 Å². The van der Waals surface area contributed by atoms with Crippen LogP contribution < -0.4 is 4.90 Å². The van der Waals surface area contributed by atoms with Crippen LogP contribution in [-0.2, 0) is 14.3 Å². The van der Waals surface area contributed by atoms with Crippen molar-refractivity contribution < 1.29 is 24.2 Å². The highest BCUT2D eigenvalue weighted by molar-refractivity contribution is 7.14. The second-order valence-corrected chi connectivity index (χ2v) is 8.45. The van der Waals surface area contributed by atoms with Gasteiger partial charge in [0.15, 0.2) is 10.9 Å². The van der Waals surface area contributed by atoms with Crippen LogP contribution >= 0.6 is 11.3 Å². The van der Waals surface area contributed by atoms with E-state index >= 15 is 0 Å². The molecule has 1 saturated heterocycles. The zero-order chi connectivity index (χ0) is 24.0. The van der Waals surface area contributed by atoms with Crippen LogP contribution in [0.1, 0.15) is 33.4 Å². The monoisotopic (exact) mass is 474 g/mol. The molecule has 4 aromatic rings. The number of pyridine rings is 1. The number of esters is 1. The summed E-state index contributed by atoms with van der Waals surface area (Å²) in [6, 6.07) is 10.8. The van der Waals surface area contributed by atoms with Gasteiger partial charge in [-0.2, -0.15) is 0 Å². The molecule has 0 radical (unpaired) electrons. The lowest BCUT2D eigenvalue weighted by atomic mass is 9.95. The van der Waals surface area contributed by atoms with Crippen molar-refractivity contribution in [1.82, 2.24) is 14.4 Å². The van der Waals surface area contributed by atoms with E-state index < -0.39 is 23.7 Å². The van der Waals surface area contributed by atoms with Crippen molar-refractivity contribution in [2.75, 3.05) is 12.0 Å². The number of nitrogens with zero attached hydrogens (tertiary/aromatic N) is 4. The first-order chi connectivity index (χ1) is 16.4. The maximum absolute atomic E-state index is 13.3. The highest BCUT2D eigenvalue weighted by Crippen LogP contribution is 2.43. The summed E-state index contributed by atoms with van der Waals surface area (Å²) in [5, 5.41) is 13.4. The van der Waals surface area contributed by atoms with E-state index in [4.69, 9.17) is 4.74 Å². The number of anilines is 1. The number of carbonyl (C=O) groups is 3. The number of benzene rings is 1. The molecule has 0 aliphatic carbocycles. The van der Waals surface area contributed by atoms with Gasteiger partial charge in [0.1, 0.15) is 11.3 Å². The van der Waals surface area contributed by atoms with E-state index in [1.54, 1.807) is 59.3 Å². The summed E-state index contributed by atoms with van der Waals surface area (Å²) in [5.74, 6) is -2.48. The number of fused-ring (bicyclic) bond motifs is 1. The Hall–Kier alpha value is -4.31. The highest BCUT2D eigenvalue weighted by Gasteiger charge is 2.48. The number of Topliss-reactive ketones (excluding diaryl/α,β-unsaturated/α-hetero) is 1. The summed E-state index contributed by atoms with van der Waals surface area (Å²) in [6.07, 6.45) is 3.26. The molecule has 1 aromatic carbocycles. The average Bonchev–Trinajstić information content (AvgIpc) is 3.55. The molecule has 4 heterocycles. The molecule has 1 N–H and O–H groups in total. The molecular weight excluding hydrogens is 456 g/mol. The van der Waals surface area contributed by atoms with Gasteiger partial charge in [-0.3, -0.25) is 18.9 Å². The molecule has 0 saturated carbocycles. The van der Waals surface area contributed by atoms with Crippen molar-refractivity contribution >= 4 is 45.5 Å². The second kappa shape index (κ2) is 8.23. The molecule has 0 spiro atoms. The third-order valence-corrected chi connectivity index (χ3v) is 6.42. The number of aromatic nitrogens is 3. The molecule has 1 amide bonds. The lowest BCUT2D eigenvalue weighted by Crippen LogP contribution is -2.29. The molecule has 0 bridgehead atoms. The summed E-state index contributed by atoms with van der Waals surface area (Å²) in [6.45, 7) is 1.72. The highest BCUT2D eigenvalue weighted by atomic mass is 32.1. The number of ether oxygens (including phenoxy) is 1. The number of aliphatic hydroxyl groups excluding tert-OH is 1. The van der Waals surface area contributed by atoms with Crippen molar-refractivity contribution in [2.24, 2.45) is 0 Å². The third-order valence-electron chi connectivity index (χ3n) is 5.65. The summed E-state index contributed by atoms with van der Waals surface area (Å²) < 4.78 is 6.42. The third kappa shape index (κ3) is 3.27. The smallest absolute Gasteiger partial charge is 0.337 e. The normalized spacial score (nSPS) is 17.5. The average molecular weight is 474 g/mol. The van der Waals surface area contributed by atoms with Crippen LogP contribution in [0.2, 0.25) is 0 Å². The molecule has 1 unspecified atom stereocenters. The van der Waals surface area contributed by atoms with E-state index in [2.05, 4.69) is 9.97 Å². The Kier molecular flexibility index (Phi) is 5.21. The number of aliphatic hydroxyl groups is 1. The van der Waals surface area contributed by atoms with Gasteiger partial charge in [0.2, 0.25) is 0 Å². The van der Waals surface area contributed by atoms with E-state index in [1.807, 2.05) is 6.07 Å². The summed E-state index contributed by atoms with van der Waals surface area (Å²) in [5.41, 5.74) is 2.17. The topological polar surface area (TPSA) is 114 Å². The Morgan fingerprint density at radius 1 is 1.15 bits per heavy atom. The van der Waals surface area contributed by atoms with Gasteiger partial charge < -0.3 is 9.84 Å². The van der Waals surface area contributed by atoms with Crippen LogP contribution in [0.3, 0.4) is 0 Å². The first kappa shape index (κ1) is 21.5. The molecule has 1 aliphatic rings. The number of hydrogen-bond acceptors (Lipinski definition) is 8. The van der Waals surface area contributed by atoms with Crippen LogP contribution in [-0.4, -0.2) is 44.2 Å². The number of rotatable bonds is 4. The number of carbonyl (C=O) groups excluding carboxylic acids is 3. The maximum Gasteiger partial charge on any atom is 0.337 e. The molecule has 34 heavy (non-hydrogen) atoms. The molecule has 1 aliphatic heterocycles. The van der Waals surface area contributed by atoms with Crippen LogP contribution in [0.25, 0.3) is 11.4 Å². The molecule has 10 heteroatoms. The van der Waals surface area contributed by atoms with Gasteiger partial charge in [0.05, 0.1) is 30.0 Å². The summed E-state index contributed by atoms with van der Waals surface area (Å²) in [4.78, 5) is 48.2. The van der Waals surface area contributed by atoms with E-state index in [0.29, 0.717) is 33.3 Å². The predicted octanol–water partition coefficient (Wildman–Crippen LogP) is 3.51. The molecule has 5 rings (SSSR count). The minimum absolute atomic E-state index is 0.0835. The zero-order valence-electron chi connectivity index (χ0n) is 18.1. The molecule has 9 nitrogen and oxygen atoms in total. The minimum Gasteiger partial charge on any atom is -0.505 e.